The van der Waals surface area contributed by atoms with Crippen LogP contribution in [-0.4, -0.2) is 35.4 Å². The van der Waals surface area contributed by atoms with Gasteiger partial charge >= 0.3 is 0 Å². The molecular weight excluding hydrogens is 366 g/mol. The Hall–Kier alpha value is -1.83. The van der Waals surface area contributed by atoms with Crippen LogP contribution < -0.4 is 5.73 Å². The Bertz CT molecular complexity index is 953. The predicted molar refractivity (Wildman–Crippen MR) is 99.6 cm³/mol. The van der Waals surface area contributed by atoms with Crippen molar-refractivity contribution in [1.29, 1.82) is 0 Å². The molecule has 5 rings (SSSR count). The molecule has 2 aliphatic heterocycles. The second kappa shape index (κ2) is 5.84. The van der Waals surface area contributed by atoms with E-state index in [1.807, 2.05) is 32.9 Å². The molecule has 3 heterocycles. The molecule has 0 amide bonds. The van der Waals surface area contributed by atoms with Gasteiger partial charge in [-0.2, -0.15) is 0 Å². The van der Waals surface area contributed by atoms with E-state index in [9.17, 15) is 4.39 Å². The van der Waals surface area contributed by atoms with Crippen LogP contribution in [0, 0.1) is 17.2 Å². The highest BCUT2D eigenvalue weighted by Gasteiger charge is 2.67. The molecule has 0 bridgehead atoms. The molecule has 7 heteroatoms. The molecule has 1 saturated carbocycles. The second-order valence-corrected chi connectivity index (χ2v) is 8.96. The zero-order chi connectivity index (χ0) is 19.8. The van der Waals surface area contributed by atoms with Gasteiger partial charge in [0.1, 0.15) is 12.3 Å². The molecule has 2 saturated heterocycles. The summed E-state index contributed by atoms with van der Waals surface area (Å²) in [6, 6.07) is 6.89. The van der Waals surface area contributed by atoms with Crippen LogP contribution in [0.25, 0.3) is 10.9 Å². The van der Waals surface area contributed by atoms with E-state index in [2.05, 4.69) is 4.98 Å². The fraction of sp³-hybridized carbons (Fsp3) is 0.571. The van der Waals surface area contributed by atoms with Crippen molar-refractivity contribution in [2.45, 2.75) is 64.1 Å². The van der Waals surface area contributed by atoms with E-state index in [4.69, 9.17) is 19.9 Å². The van der Waals surface area contributed by atoms with Crippen molar-refractivity contribution in [2.24, 2.45) is 11.3 Å². The molecule has 0 unspecified atom stereocenters. The van der Waals surface area contributed by atoms with E-state index < -0.39 is 29.5 Å². The first-order valence-electron chi connectivity index (χ1n) is 9.66. The Morgan fingerprint density at radius 2 is 1.96 bits per heavy atom. The molecular formula is C21H24F2N2O3. The lowest BCUT2D eigenvalue weighted by Crippen LogP contribution is -2.38. The topological polar surface area (TPSA) is 66.6 Å². The summed E-state index contributed by atoms with van der Waals surface area (Å²) in [4.78, 5) is 4.11. The van der Waals surface area contributed by atoms with Crippen molar-refractivity contribution in [3.8, 4) is 0 Å². The van der Waals surface area contributed by atoms with Crippen LogP contribution in [0.1, 0.15) is 32.8 Å². The number of anilines is 1. The second-order valence-electron chi connectivity index (χ2n) is 8.96. The van der Waals surface area contributed by atoms with Gasteiger partial charge in [-0.3, -0.25) is 0 Å². The molecule has 3 aliphatic rings. The highest BCUT2D eigenvalue weighted by Crippen LogP contribution is 2.58. The normalized spacial score (nSPS) is 38.7. The van der Waals surface area contributed by atoms with Gasteiger partial charge in [-0.1, -0.05) is 19.1 Å². The van der Waals surface area contributed by atoms with Gasteiger partial charge in [-0.05, 0) is 44.4 Å². The number of aromatic nitrogens is 1. The molecule has 2 N–H and O–H groups in total. The third-order valence-electron chi connectivity index (χ3n) is 6.46. The summed E-state index contributed by atoms with van der Waals surface area (Å²) in [5.41, 5.74) is 6.69. The first kappa shape index (κ1) is 18.2. The highest BCUT2D eigenvalue weighted by atomic mass is 19.1. The van der Waals surface area contributed by atoms with Crippen molar-refractivity contribution >= 4 is 16.7 Å². The number of pyridine rings is 1. The predicted octanol–water partition coefficient (Wildman–Crippen LogP) is 3.74. The minimum Gasteiger partial charge on any atom is -0.381 e. The highest BCUT2D eigenvalue weighted by molar-refractivity contribution is 5.80. The SMILES string of the molecule is CC1(C)O[C@H]2O[C@@H]3[C@H](Cc4ccc5cc(F)c(N)nc5c4)[C@H](F)C[C@]3(C)[C@H]2O1. The number of fused-ring (bicyclic) bond motifs is 4. The molecule has 150 valence electrons. The van der Waals surface area contributed by atoms with Gasteiger partial charge in [0, 0.05) is 16.7 Å². The van der Waals surface area contributed by atoms with Crippen LogP contribution in [0.4, 0.5) is 14.6 Å². The smallest absolute Gasteiger partial charge is 0.188 e. The van der Waals surface area contributed by atoms with Gasteiger partial charge < -0.3 is 19.9 Å². The number of benzene rings is 1. The Labute approximate surface area is 162 Å². The maximum atomic E-state index is 15.1. The molecule has 1 aliphatic carbocycles. The Kier molecular flexibility index (Phi) is 3.80. The van der Waals surface area contributed by atoms with E-state index in [1.165, 1.54) is 6.07 Å². The molecule has 0 radical (unpaired) electrons. The van der Waals surface area contributed by atoms with Crippen LogP contribution in [0.5, 0.6) is 0 Å². The molecule has 2 aromatic rings. The number of ether oxygens (including phenoxy) is 3. The van der Waals surface area contributed by atoms with Gasteiger partial charge in [0.25, 0.3) is 0 Å². The van der Waals surface area contributed by atoms with Crippen molar-refractivity contribution < 1.29 is 23.0 Å². The number of rotatable bonds is 2. The van der Waals surface area contributed by atoms with Crippen molar-refractivity contribution in [2.75, 3.05) is 5.73 Å². The number of hydrogen-bond acceptors (Lipinski definition) is 5. The lowest BCUT2D eigenvalue weighted by Gasteiger charge is -2.30. The van der Waals surface area contributed by atoms with Crippen LogP contribution in [0.3, 0.4) is 0 Å². The fourth-order valence-electron chi connectivity index (χ4n) is 5.16. The quantitative estimate of drug-likeness (QED) is 0.846. The van der Waals surface area contributed by atoms with E-state index in [0.717, 1.165) is 5.56 Å². The van der Waals surface area contributed by atoms with Crippen LogP contribution >= 0.6 is 0 Å². The minimum absolute atomic E-state index is 0.134. The number of nitrogen functional groups attached to an aromatic ring is 1. The van der Waals surface area contributed by atoms with Crippen LogP contribution in [0.2, 0.25) is 0 Å². The molecule has 6 atom stereocenters. The number of hydrogen-bond donors (Lipinski definition) is 1. The summed E-state index contributed by atoms with van der Waals surface area (Å²) < 4.78 is 46.7. The Balaban J connectivity index is 1.42. The van der Waals surface area contributed by atoms with E-state index >= 15 is 4.39 Å². The maximum absolute atomic E-state index is 15.1. The van der Waals surface area contributed by atoms with Crippen molar-refractivity contribution in [3.63, 3.8) is 0 Å². The van der Waals surface area contributed by atoms with Crippen LogP contribution in [0.15, 0.2) is 24.3 Å². The fourth-order valence-corrected chi connectivity index (χ4v) is 5.16. The third kappa shape index (κ3) is 2.64. The molecule has 3 fully saturated rings. The van der Waals surface area contributed by atoms with Gasteiger partial charge in [0.15, 0.2) is 23.7 Å². The summed E-state index contributed by atoms with van der Waals surface area (Å²) in [6.07, 6.45) is -1.12. The zero-order valence-electron chi connectivity index (χ0n) is 16.1. The minimum atomic E-state index is -0.995. The Morgan fingerprint density at radius 3 is 2.75 bits per heavy atom. The lowest BCUT2D eigenvalue weighted by atomic mass is 9.80. The summed E-state index contributed by atoms with van der Waals surface area (Å²) in [7, 11) is 0. The summed E-state index contributed by atoms with van der Waals surface area (Å²) in [5.74, 6) is -1.69. The number of nitrogens with two attached hydrogens (primary N) is 1. The lowest BCUT2D eigenvalue weighted by molar-refractivity contribution is -0.218. The van der Waals surface area contributed by atoms with E-state index in [1.54, 1.807) is 6.07 Å². The monoisotopic (exact) mass is 390 g/mol. The first-order chi connectivity index (χ1) is 13.2. The average molecular weight is 390 g/mol. The standard InChI is InChI=1S/C21H24F2N2O3/c1-20(2)27-17-19(28-20)26-16-12(14(23)9-21(16,17)3)6-10-4-5-11-8-13(22)18(24)25-15(11)7-10/h4-5,7-8,12,14,16-17,19H,6,9H2,1-3H3,(H2,24,25)/t12-,14-,16-,17+,19-,21+/m1/s1. The van der Waals surface area contributed by atoms with Gasteiger partial charge in [0.05, 0.1) is 11.6 Å². The molecule has 1 aromatic heterocycles. The summed E-state index contributed by atoms with van der Waals surface area (Å²) in [5, 5.41) is 0.666. The van der Waals surface area contributed by atoms with Gasteiger partial charge in [-0.15, -0.1) is 0 Å². The molecule has 5 nitrogen and oxygen atoms in total. The number of halogens is 2. The van der Waals surface area contributed by atoms with Crippen molar-refractivity contribution in [3.05, 3.63) is 35.6 Å². The maximum Gasteiger partial charge on any atom is 0.188 e. The largest absolute Gasteiger partial charge is 0.381 e. The molecule has 28 heavy (non-hydrogen) atoms. The van der Waals surface area contributed by atoms with Gasteiger partial charge in [-0.25, -0.2) is 13.8 Å². The first-order valence-corrected chi connectivity index (χ1v) is 9.66. The Morgan fingerprint density at radius 1 is 1.18 bits per heavy atom. The van der Waals surface area contributed by atoms with E-state index in [-0.39, 0.29) is 23.9 Å². The van der Waals surface area contributed by atoms with Crippen LogP contribution in [-0.2, 0) is 20.6 Å². The molecule has 1 aromatic carbocycles. The average Bonchev–Trinajstić information content (AvgIpc) is 3.13. The number of nitrogens with zero attached hydrogens (tertiary/aromatic N) is 1. The summed E-state index contributed by atoms with van der Waals surface area (Å²) in [6.45, 7) is 5.73. The van der Waals surface area contributed by atoms with Crippen molar-refractivity contribution in [1.82, 2.24) is 4.98 Å². The number of alkyl halides is 1. The zero-order valence-corrected chi connectivity index (χ0v) is 16.1. The summed E-state index contributed by atoms with van der Waals surface area (Å²) >= 11 is 0. The van der Waals surface area contributed by atoms with Gasteiger partial charge in [0.2, 0.25) is 0 Å². The molecule has 0 spiro atoms. The third-order valence-corrected chi connectivity index (χ3v) is 6.46. The van der Waals surface area contributed by atoms with E-state index in [0.29, 0.717) is 23.7 Å².